The maximum atomic E-state index is 13.5. The van der Waals surface area contributed by atoms with E-state index in [0.717, 1.165) is 41.4 Å². The molecule has 2 aliphatic heterocycles. The topological polar surface area (TPSA) is 67.4 Å². The lowest BCUT2D eigenvalue weighted by Gasteiger charge is -2.36. The van der Waals surface area contributed by atoms with Crippen LogP contribution in [0.3, 0.4) is 0 Å². The van der Waals surface area contributed by atoms with E-state index in [1.165, 1.54) is 25.7 Å². The first-order valence-corrected chi connectivity index (χ1v) is 12.4. The summed E-state index contributed by atoms with van der Waals surface area (Å²) in [4.78, 5) is 15.8. The predicted molar refractivity (Wildman–Crippen MR) is 135 cm³/mol. The Kier molecular flexibility index (Phi) is 6.86. The van der Waals surface area contributed by atoms with Crippen molar-refractivity contribution < 1.29 is 9.53 Å². The number of nitrogens with zero attached hydrogens (tertiary/aromatic N) is 3. The minimum absolute atomic E-state index is 0.0244. The van der Waals surface area contributed by atoms with Crippen LogP contribution in [0.5, 0.6) is 0 Å². The third kappa shape index (κ3) is 4.82. The summed E-state index contributed by atoms with van der Waals surface area (Å²) >= 11 is 0. The Hall–Kier alpha value is -3.25. The van der Waals surface area contributed by atoms with Crippen molar-refractivity contribution in [2.24, 2.45) is 0 Å². The highest BCUT2D eigenvalue weighted by molar-refractivity contribution is 5.99. The molecule has 5 rings (SSSR count). The number of rotatable bonds is 5. The first-order chi connectivity index (χ1) is 16.7. The summed E-state index contributed by atoms with van der Waals surface area (Å²) in [6.45, 7) is 3.29. The second-order valence-electron chi connectivity index (χ2n) is 9.27. The second kappa shape index (κ2) is 10.3. The van der Waals surface area contributed by atoms with Crippen LogP contribution in [0.4, 0.5) is 11.5 Å². The van der Waals surface area contributed by atoms with E-state index in [9.17, 15) is 4.79 Å². The maximum Gasteiger partial charge on any atom is 0.235 e. The molecule has 0 bridgehead atoms. The summed E-state index contributed by atoms with van der Waals surface area (Å²) in [5.41, 5.74) is 3.09. The first kappa shape index (κ1) is 22.5. The van der Waals surface area contributed by atoms with E-state index < -0.39 is 5.41 Å². The largest absolute Gasteiger partial charge is 0.381 e. The van der Waals surface area contributed by atoms with E-state index >= 15 is 0 Å². The van der Waals surface area contributed by atoms with Crippen LogP contribution in [0.1, 0.15) is 44.1 Å². The van der Waals surface area contributed by atoms with Crippen molar-refractivity contribution in [3.63, 3.8) is 0 Å². The molecule has 1 N–H and O–H groups in total. The molecule has 0 spiro atoms. The molecule has 0 unspecified atom stereocenters. The zero-order valence-corrected chi connectivity index (χ0v) is 19.6. The van der Waals surface area contributed by atoms with Gasteiger partial charge in [0.2, 0.25) is 5.91 Å². The smallest absolute Gasteiger partial charge is 0.235 e. The highest BCUT2D eigenvalue weighted by Crippen LogP contribution is 2.36. The number of hydrogen-bond donors (Lipinski definition) is 1. The number of carbonyl (C=O) groups excluding carboxylic acids is 1. The summed E-state index contributed by atoms with van der Waals surface area (Å²) in [5, 5.41) is 12.1. The van der Waals surface area contributed by atoms with Crippen LogP contribution in [0.25, 0.3) is 11.3 Å². The molecule has 1 amide bonds. The van der Waals surface area contributed by atoms with E-state index in [-0.39, 0.29) is 5.91 Å². The lowest BCUT2D eigenvalue weighted by molar-refractivity contribution is -0.125. The van der Waals surface area contributed by atoms with Crippen LogP contribution in [0.15, 0.2) is 66.7 Å². The third-order valence-electron chi connectivity index (χ3n) is 7.13. The van der Waals surface area contributed by atoms with Gasteiger partial charge in [0.15, 0.2) is 5.82 Å². The Morgan fingerprint density at radius 1 is 0.824 bits per heavy atom. The van der Waals surface area contributed by atoms with Crippen LogP contribution >= 0.6 is 0 Å². The lowest BCUT2D eigenvalue weighted by atomic mass is 9.73. The maximum absolute atomic E-state index is 13.5. The number of aromatic nitrogens is 2. The van der Waals surface area contributed by atoms with Crippen molar-refractivity contribution in [2.45, 2.75) is 43.9 Å². The number of carbonyl (C=O) groups is 1. The average Bonchev–Trinajstić information content (AvgIpc) is 3.20. The molecule has 2 saturated heterocycles. The van der Waals surface area contributed by atoms with Gasteiger partial charge in [0, 0.05) is 37.6 Å². The summed E-state index contributed by atoms with van der Waals surface area (Å²) in [6, 6.07) is 22.0. The molecule has 3 heterocycles. The normalized spacial score (nSPS) is 18.2. The number of ether oxygens (including phenoxy) is 1. The molecule has 3 aromatic rings. The fourth-order valence-electron chi connectivity index (χ4n) is 5.05. The molecule has 0 radical (unpaired) electrons. The molecule has 6 nitrogen and oxygen atoms in total. The van der Waals surface area contributed by atoms with Crippen molar-refractivity contribution in [2.75, 3.05) is 36.5 Å². The quantitative estimate of drug-likeness (QED) is 0.571. The minimum Gasteiger partial charge on any atom is -0.381 e. The molecule has 2 fully saturated rings. The molecule has 2 aromatic carbocycles. The van der Waals surface area contributed by atoms with Crippen molar-refractivity contribution in [1.82, 2.24) is 10.2 Å². The number of nitrogens with one attached hydrogen (secondary N) is 1. The van der Waals surface area contributed by atoms with Crippen molar-refractivity contribution in [3.05, 3.63) is 72.3 Å². The van der Waals surface area contributed by atoms with Crippen LogP contribution in [0.2, 0.25) is 0 Å². The van der Waals surface area contributed by atoms with E-state index in [0.29, 0.717) is 26.1 Å². The molecule has 6 heteroatoms. The predicted octanol–water partition coefficient (Wildman–Crippen LogP) is 5.21. The van der Waals surface area contributed by atoms with Gasteiger partial charge < -0.3 is 15.0 Å². The van der Waals surface area contributed by atoms with Gasteiger partial charge in [0.1, 0.15) is 0 Å². The highest BCUT2D eigenvalue weighted by atomic mass is 16.5. The fourth-order valence-corrected chi connectivity index (χ4v) is 5.05. The number of hydrogen-bond acceptors (Lipinski definition) is 5. The Balaban J connectivity index is 1.29. The second-order valence-corrected chi connectivity index (χ2v) is 9.27. The van der Waals surface area contributed by atoms with Gasteiger partial charge in [-0.25, -0.2) is 0 Å². The Morgan fingerprint density at radius 3 is 2.18 bits per heavy atom. The van der Waals surface area contributed by atoms with Gasteiger partial charge in [0.25, 0.3) is 0 Å². The molecule has 0 atom stereocenters. The number of amides is 1. The lowest BCUT2D eigenvalue weighted by Crippen LogP contribution is -2.44. The van der Waals surface area contributed by atoms with Gasteiger partial charge in [-0.05, 0) is 55.5 Å². The van der Waals surface area contributed by atoms with Gasteiger partial charge >= 0.3 is 0 Å². The molecule has 2 aliphatic rings. The van der Waals surface area contributed by atoms with Crippen LogP contribution < -0.4 is 10.2 Å². The number of benzene rings is 2. The van der Waals surface area contributed by atoms with Gasteiger partial charge in [0.05, 0.1) is 11.1 Å². The zero-order valence-electron chi connectivity index (χ0n) is 19.6. The number of anilines is 2. The van der Waals surface area contributed by atoms with E-state index in [2.05, 4.69) is 26.5 Å². The summed E-state index contributed by atoms with van der Waals surface area (Å²) in [6.07, 6.45) is 6.39. The van der Waals surface area contributed by atoms with Crippen LogP contribution in [0, 0.1) is 0 Å². The van der Waals surface area contributed by atoms with Gasteiger partial charge in [-0.15, -0.1) is 10.2 Å². The average molecular weight is 457 g/mol. The Labute approximate surface area is 201 Å². The summed E-state index contributed by atoms with van der Waals surface area (Å²) in [7, 11) is 0. The van der Waals surface area contributed by atoms with Gasteiger partial charge in [-0.3, -0.25) is 4.79 Å². The zero-order chi connectivity index (χ0) is 23.2. The standard InChI is InChI=1S/C28H32N4O2/c33-27(28(16-20-34-21-17-28)23-8-4-3-5-9-23)29-24-12-10-22(11-13-24)25-14-15-26(31-30-25)32-18-6-1-2-7-19-32/h3-5,8-15H,1-2,6-7,16-21H2,(H,29,33). The molecule has 176 valence electrons. The van der Waals surface area contributed by atoms with Crippen molar-refractivity contribution in [1.29, 1.82) is 0 Å². The monoisotopic (exact) mass is 456 g/mol. The van der Waals surface area contributed by atoms with Crippen molar-refractivity contribution >= 4 is 17.4 Å². The Morgan fingerprint density at radius 2 is 1.53 bits per heavy atom. The summed E-state index contributed by atoms with van der Waals surface area (Å²) in [5.74, 6) is 0.980. The van der Waals surface area contributed by atoms with Crippen molar-refractivity contribution in [3.8, 4) is 11.3 Å². The SMILES string of the molecule is O=C(Nc1ccc(-c2ccc(N3CCCCCC3)nn2)cc1)C1(c2ccccc2)CCOCC1. The Bertz CT molecular complexity index is 1070. The highest BCUT2D eigenvalue weighted by Gasteiger charge is 2.41. The fraction of sp³-hybridized carbons (Fsp3) is 0.393. The van der Waals surface area contributed by atoms with Gasteiger partial charge in [-0.1, -0.05) is 55.3 Å². The molecule has 0 aliphatic carbocycles. The van der Waals surface area contributed by atoms with Gasteiger partial charge in [-0.2, -0.15) is 0 Å². The van der Waals surface area contributed by atoms with Crippen LogP contribution in [-0.4, -0.2) is 42.4 Å². The summed E-state index contributed by atoms with van der Waals surface area (Å²) < 4.78 is 5.57. The van der Waals surface area contributed by atoms with E-state index in [4.69, 9.17) is 4.74 Å². The first-order valence-electron chi connectivity index (χ1n) is 12.4. The molecular weight excluding hydrogens is 424 g/mol. The molecule has 0 saturated carbocycles. The molecule has 34 heavy (non-hydrogen) atoms. The molecular formula is C28H32N4O2. The van der Waals surface area contributed by atoms with Crippen LogP contribution in [-0.2, 0) is 14.9 Å². The van der Waals surface area contributed by atoms with E-state index in [1.807, 2.05) is 60.7 Å². The molecule has 1 aromatic heterocycles. The van der Waals surface area contributed by atoms with E-state index in [1.54, 1.807) is 0 Å². The third-order valence-corrected chi connectivity index (χ3v) is 7.13. The minimum atomic E-state index is -0.563.